The fourth-order valence-corrected chi connectivity index (χ4v) is 3.48. The molecule has 0 fully saturated rings. The van der Waals surface area contributed by atoms with Gasteiger partial charge in [-0.05, 0) is 43.0 Å². The Kier molecular flexibility index (Phi) is 4.96. The summed E-state index contributed by atoms with van der Waals surface area (Å²) >= 11 is 0. The Morgan fingerprint density at radius 1 is 1.27 bits per heavy atom. The highest BCUT2D eigenvalue weighted by atomic mass is 16.5. The van der Waals surface area contributed by atoms with E-state index in [-0.39, 0.29) is 17.1 Å². The summed E-state index contributed by atoms with van der Waals surface area (Å²) in [6.45, 7) is 7.04. The van der Waals surface area contributed by atoms with Crippen LogP contribution in [0.1, 0.15) is 52.4 Å². The maximum absolute atomic E-state index is 12.5. The minimum atomic E-state index is -0.136. The SMILES string of the molecule is COCCNC(=O)c1ccc(-n2nc(C)c3c2CC(C)(C)CC3=O)cc1. The van der Waals surface area contributed by atoms with E-state index in [1.54, 1.807) is 19.2 Å². The Balaban J connectivity index is 1.88. The molecule has 1 amide bonds. The van der Waals surface area contributed by atoms with Gasteiger partial charge in [-0.1, -0.05) is 13.8 Å². The molecule has 2 aromatic rings. The first kappa shape index (κ1) is 18.3. The van der Waals surface area contributed by atoms with Crippen LogP contribution in [0.5, 0.6) is 0 Å². The molecular formula is C20H25N3O3. The number of ketones is 1. The van der Waals surface area contributed by atoms with Gasteiger partial charge < -0.3 is 10.1 Å². The number of nitrogens with one attached hydrogen (secondary N) is 1. The van der Waals surface area contributed by atoms with E-state index in [1.807, 2.05) is 23.7 Å². The molecule has 1 heterocycles. The van der Waals surface area contributed by atoms with Crippen molar-refractivity contribution >= 4 is 11.7 Å². The minimum absolute atomic E-state index is 0.0739. The van der Waals surface area contributed by atoms with E-state index in [0.717, 1.165) is 29.1 Å². The van der Waals surface area contributed by atoms with E-state index in [9.17, 15) is 9.59 Å². The van der Waals surface area contributed by atoms with Crippen molar-refractivity contribution < 1.29 is 14.3 Å². The molecule has 0 unspecified atom stereocenters. The van der Waals surface area contributed by atoms with Crippen molar-refractivity contribution in [3.63, 3.8) is 0 Å². The minimum Gasteiger partial charge on any atom is -0.383 e. The van der Waals surface area contributed by atoms with Gasteiger partial charge in [0.1, 0.15) is 0 Å². The number of aryl methyl sites for hydroxylation is 1. The van der Waals surface area contributed by atoms with Gasteiger partial charge in [-0.2, -0.15) is 5.10 Å². The molecule has 0 aliphatic heterocycles. The number of fused-ring (bicyclic) bond motifs is 1. The lowest BCUT2D eigenvalue weighted by Crippen LogP contribution is -2.28. The fraction of sp³-hybridized carbons (Fsp3) is 0.450. The van der Waals surface area contributed by atoms with Crippen molar-refractivity contribution in [2.24, 2.45) is 5.41 Å². The van der Waals surface area contributed by atoms with Crippen molar-refractivity contribution in [2.75, 3.05) is 20.3 Å². The molecule has 0 radical (unpaired) electrons. The summed E-state index contributed by atoms with van der Waals surface area (Å²) in [7, 11) is 1.60. The standard InChI is InChI=1S/C20H25N3O3/c1-13-18-16(11-20(2,3)12-17(18)24)23(22-13)15-7-5-14(6-8-15)19(25)21-9-10-26-4/h5-8H,9-12H2,1-4H3,(H,21,25). The first-order valence-electron chi connectivity index (χ1n) is 8.82. The number of aromatic nitrogens is 2. The highest BCUT2D eigenvalue weighted by Crippen LogP contribution is 2.36. The number of carbonyl (C=O) groups excluding carboxylic acids is 2. The lowest BCUT2D eigenvalue weighted by molar-refractivity contribution is 0.0908. The number of nitrogens with zero attached hydrogens (tertiary/aromatic N) is 2. The second kappa shape index (κ2) is 7.03. The summed E-state index contributed by atoms with van der Waals surface area (Å²) in [5.74, 6) is 0.0257. The van der Waals surface area contributed by atoms with Gasteiger partial charge >= 0.3 is 0 Å². The molecule has 0 atom stereocenters. The molecule has 1 N–H and O–H groups in total. The van der Waals surface area contributed by atoms with Crippen LogP contribution in [0.3, 0.4) is 0 Å². The predicted molar refractivity (Wildman–Crippen MR) is 98.9 cm³/mol. The van der Waals surface area contributed by atoms with Gasteiger partial charge in [0.05, 0.1) is 29.2 Å². The quantitative estimate of drug-likeness (QED) is 0.837. The normalized spacial score (nSPS) is 15.6. The van der Waals surface area contributed by atoms with Crippen LogP contribution in [0.4, 0.5) is 0 Å². The Morgan fingerprint density at radius 2 is 1.96 bits per heavy atom. The summed E-state index contributed by atoms with van der Waals surface area (Å²) < 4.78 is 6.78. The number of ether oxygens (including phenoxy) is 1. The van der Waals surface area contributed by atoms with Crippen LogP contribution in [-0.4, -0.2) is 41.7 Å². The molecule has 1 aliphatic rings. The average molecular weight is 355 g/mol. The topological polar surface area (TPSA) is 73.2 Å². The number of hydrogen-bond acceptors (Lipinski definition) is 4. The molecule has 0 saturated carbocycles. The van der Waals surface area contributed by atoms with Gasteiger partial charge in [-0.25, -0.2) is 4.68 Å². The molecule has 0 bridgehead atoms. The summed E-state index contributed by atoms with van der Waals surface area (Å²) in [5, 5.41) is 7.39. The lowest BCUT2D eigenvalue weighted by atomic mass is 9.75. The van der Waals surface area contributed by atoms with Crippen LogP contribution in [0, 0.1) is 12.3 Å². The summed E-state index contributed by atoms with van der Waals surface area (Å²) in [4.78, 5) is 24.6. The van der Waals surface area contributed by atoms with Crippen LogP contribution in [0.2, 0.25) is 0 Å². The summed E-state index contributed by atoms with van der Waals surface area (Å²) in [6.07, 6.45) is 1.35. The van der Waals surface area contributed by atoms with E-state index in [0.29, 0.717) is 25.1 Å². The molecule has 1 aliphatic carbocycles. The van der Waals surface area contributed by atoms with Crippen LogP contribution < -0.4 is 5.32 Å². The molecule has 1 aromatic carbocycles. The smallest absolute Gasteiger partial charge is 0.251 e. The van der Waals surface area contributed by atoms with Gasteiger partial charge in [0.15, 0.2) is 5.78 Å². The van der Waals surface area contributed by atoms with Crippen LogP contribution in [-0.2, 0) is 11.2 Å². The van der Waals surface area contributed by atoms with Crippen LogP contribution in [0.15, 0.2) is 24.3 Å². The van der Waals surface area contributed by atoms with Crippen LogP contribution in [0.25, 0.3) is 5.69 Å². The van der Waals surface area contributed by atoms with Gasteiger partial charge in [0, 0.05) is 25.6 Å². The van der Waals surface area contributed by atoms with E-state index in [4.69, 9.17) is 4.74 Å². The predicted octanol–water partition coefficient (Wildman–Crippen LogP) is 2.71. The third-order valence-electron chi connectivity index (χ3n) is 4.69. The van der Waals surface area contributed by atoms with Crippen molar-refractivity contribution in [3.8, 4) is 5.69 Å². The van der Waals surface area contributed by atoms with Gasteiger partial charge in [0.25, 0.3) is 5.91 Å². The number of amides is 1. The third kappa shape index (κ3) is 3.55. The largest absolute Gasteiger partial charge is 0.383 e. The molecule has 0 spiro atoms. The zero-order valence-electron chi connectivity index (χ0n) is 15.8. The molecule has 3 rings (SSSR count). The van der Waals surface area contributed by atoms with Crippen molar-refractivity contribution in [2.45, 2.75) is 33.6 Å². The highest BCUT2D eigenvalue weighted by Gasteiger charge is 2.35. The highest BCUT2D eigenvalue weighted by molar-refractivity contribution is 6.00. The molecular weight excluding hydrogens is 330 g/mol. The molecule has 1 aromatic heterocycles. The number of benzene rings is 1. The maximum atomic E-state index is 12.5. The number of hydrogen-bond donors (Lipinski definition) is 1. The Labute approximate surface area is 153 Å². The van der Waals surface area contributed by atoms with Crippen molar-refractivity contribution in [1.82, 2.24) is 15.1 Å². The first-order valence-corrected chi connectivity index (χ1v) is 8.82. The van der Waals surface area contributed by atoms with Gasteiger partial charge in [-0.15, -0.1) is 0 Å². The molecule has 26 heavy (non-hydrogen) atoms. The Bertz CT molecular complexity index is 835. The number of rotatable bonds is 5. The summed E-state index contributed by atoms with van der Waals surface area (Å²) in [6, 6.07) is 7.28. The molecule has 6 nitrogen and oxygen atoms in total. The zero-order chi connectivity index (χ0) is 18.9. The maximum Gasteiger partial charge on any atom is 0.251 e. The van der Waals surface area contributed by atoms with E-state index in [1.165, 1.54) is 0 Å². The van der Waals surface area contributed by atoms with Crippen LogP contribution >= 0.6 is 0 Å². The Hall–Kier alpha value is -2.47. The van der Waals surface area contributed by atoms with E-state index >= 15 is 0 Å². The van der Waals surface area contributed by atoms with Gasteiger partial charge in [-0.3, -0.25) is 9.59 Å². The third-order valence-corrected chi connectivity index (χ3v) is 4.69. The molecule has 138 valence electrons. The van der Waals surface area contributed by atoms with E-state index < -0.39 is 0 Å². The number of carbonyl (C=O) groups is 2. The van der Waals surface area contributed by atoms with Crippen molar-refractivity contribution in [3.05, 3.63) is 46.8 Å². The monoisotopic (exact) mass is 355 g/mol. The Morgan fingerprint density at radius 3 is 2.62 bits per heavy atom. The zero-order valence-corrected chi connectivity index (χ0v) is 15.8. The van der Waals surface area contributed by atoms with Crippen molar-refractivity contribution in [1.29, 1.82) is 0 Å². The number of methoxy groups -OCH3 is 1. The first-order chi connectivity index (χ1) is 12.3. The second-order valence-electron chi connectivity index (χ2n) is 7.56. The molecule has 6 heteroatoms. The van der Waals surface area contributed by atoms with Gasteiger partial charge in [0.2, 0.25) is 0 Å². The molecule has 0 saturated heterocycles. The summed E-state index contributed by atoms with van der Waals surface area (Å²) in [5.41, 5.74) is 3.84. The second-order valence-corrected chi connectivity index (χ2v) is 7.56. The lowest BCUT2D eigenvalue weighted by Gasteiger charge is -2.29. The van der Waals surface area contributed by atoms with E-state index in [2.05, 4.69) is 24.3 Å². The fourth-order valence-electron chi connectivity index (χ4n) is 3.48. The number of Topliss-reactive ketones (excluding diaryl/α,β-unsaturated/α-hetero) is 1. The average Bonchev–Trinajstić information content (AvgIpc) is 2.90.